The average molecular weight is 520 g/mol. The molecular weight excluding hydrogens is 480 g/mol. The molecule has 0 saturated carbocycles. The van der Waals surface area contributed by atoms with Crippen LogP contribution in [0.15, 0.2) is 27.9 Å². The molecule has 0 radical (unpaired) electrons. The molecule has 2 unspecified atom stereocenters. The fourth-order valence-electron chi connectivity index (χ4n) is 4.48. The molecule has 0 aliphatic carbocycles. The van der Waals surface area contributed by atoms with Crippen molar-refractivity contribution < 1.29 is 17.3 Å². The van der Waals surface area contributed by atoms with Crippen molar-refractivity contribution in [2.24, 2.45) is 7.00 Å². The van der Waals surface area contributed by atoms with E-state index in [1.165, 1.54) is 18.2 Å². The van der Waals surface area contributed by atoms with E-state index in [1.807, 2.05) is 20.9 Å². The van der Waals surface area contributed by atoms with Gasteiger partial charge in [-0.25, -0.2) is 18.1 Å². The molecule has 3 heterocycles. The highest BCUT2D eigenvalue weighted by Crippen LogP contribution is 2.31. The summed E-state index contributed by atoms with van der Waals surface area (Å²) in [5.41, 5.74) is 0.451. The van der Waals surface area contributed by atoms with E-state index in [2.05, 4.69) is 24.7 Å². The Labute approximate surface area is 216 Å². The zero-order valence-corrected chi connectivity index (χ0v) is 21.8. The Kier molecular flexibility index (Phi) is 6.92. The average Bonchev–Trinajstić information content (AvgIpc) is 3.46. The zero-order chi connectivity index (χ0) is 28.3. The number of H-pyrrole nitrogens is 1. The Bertz CT molecular complexity index is 1480. The molecule has 1 aromatic carbocycles. The van der Waals surface area contributed by atoms with Gasteiger partial charge in [0.1, 0.15) is 17.1 Å². The van der Waals surface area contributed by atoms with Gasteiger partial charge in [-0.2, -0.15) is 5.10 Å². The minimum atomic E-state index is -4.06. The minimum Gasteiger partial charge on any atom is -0.493 e. The maximum Gasteiger partial charge on any atom is 0.277 e. The molecular formula is C25H36N6O4S. The summed E-state index contributed by atoms with van der Waals surface area (Å²) in [6.45, 7) is 2.64. The third-order valence-corrected chi connectivity index (χ3v) is 7.74. The molecule has 1 aliphatic heterocycles. The molecule has 4 rings (SSSR count). The molecule has 3 aromatic rings. The van der Waals surface area contributed by atoms with E-state index in [4.69, 9.17) is 8.85 Å². The van der Waals surface area contributed by atoms with Crippen LogP contribution in [-0.4, -0.2) is 65.8 Å². The van der Waals surface area contributed by atoms with Gasteiger partial charge in [-0.05, 0) is 63.9 Å². The maximum absolute atomic E-state index is 13.3. The summed E-state index contributed by atoms with van der Waals surface area (Å²) in [4.78, 5) is 22.5. The number of hydrogen-bond donors (Lipinski definition) is 2. The number of sulfonamides is 1. The van der Waals surface area contributed by atoms with Gasteiger partial charge in [0.15, 0.2) is 5.52 Å². The van der Waals surface area contributed by atoms with Crippen molar-refractivity contribution in [3.05, 3.63) is 34.2 Å². The van der Waals surface area contributed by atoms with Gasteiger partial charge in [0.05, 0.1) is 22.8 Å². The van der Waals surface area contributed by atoms with Crippen molar-refractivity contribution in [2.45, 2.75) is 63.3 Å². The van der Waals surface area contributed by atoms with Crippen LogP contribution in [0.3, 0.4) is 0 Å². The van der Waals surface area contributed by atoms with Crippen LogP contribution in [0, 0.1) is 0 Å². The molecule has 0 amide bonds. The van der Waals surface area contributed by atoms with Gasteiger partial charge in [-0.1, -0.05) is 20.3 Å². The number of likely N-dealkylation sites (tertiary alicyclic amines) is 1. The third kappa shape index (κ3) is 5.47. The smallest absolute Gasteiger partial charge is 0.277 e. The van der Waals surface area contributed by atoms with Crippen LogP contribution in [0.2, 0.25) is 0 Å². The van der Waals surface area contributed by atoms with E-state index >= 15 is 0 Å². The first-order valence-electron chi connectivity index (χ1n) is 14.1. The molecule has 2 N–H and O–H groups in total. The van der Waals surface area contributed by atoms with Gasteiger partial charge in [0, 0.05) is 23.7 Å². The van der Waals surface area contributed by atoms with Crippen LogP contribution >= 0.6 is 0 Å². The Balaban J connectivity index is 1.76. The molecule has 0 spiro atoms. The molecule has 1 aliphatic rings. The molecule has 1 fully saturated rings. The van der Waals surface area contributed by atoms with Gasteiger partial charge in [-0.15, -0.1) is 0 Å². The predicted molar refractivity (Wildman–Crippen MR) is 140 cm³/mol. The van der Waals surface area contributed by atoms with E-state index in [0.717, 1.165) is 24.1 Å². The van der Waals surface area contributed by atoms with Crippen molar-refractivity contribution in [2.75, 3.05) is 26.7 Å². The Morgan fingerprint density at radius 1 is 1.33 bits per heavy atom. The highest BCUT2D eigenvalue weighted by atomic mass is 32.2. The highest BCUT2D eigenvalue weighted by molar-refractivity contribution is 7.89. The van der Waals surface area contributed by atoms with Gasteiger partial charge < -0.3 is 14.6 Å². The van der Waals surface area contributed by atoms with Crippen molar-refractivity contribution in [1.29, 1.82) is 0 Å². The molecule has 1 saturated heterocycles. The standard InChI is InChI=1S/C25H36N6O4S/c1-5-8-20-22-23(31(4)29-20)25(32)28-24(27-22)19-16-18(10-11-21(19)35-15-6-2)36(33,34)26-13-12-17-9-7-14-30(17)3/h10-11,16-17,26H,5-9,12-15H2,1-4H3,(H,27,28,32)/i4D2,13D. The Hall–Kier alpha value is -2.76. The number of nitrogens with zero attached hydrogens (tertiary/aromatic N) is 4. The number of aromatic amines is 1. The second-order valence-electron chi connectivity index (χ2n) is 9.10. The Morgan fingerprint density at radius 3 is 2.86 bits per heavy atom. The van der Waals surface area contributed by atoms with Crippen molar-refractivity contribution in [1.82, 2.24) is 29.4 Å². The van der Waals surface area contributed by atoms with E-state index in [0.29, 0.717) is 43.7 Å². The SMILES string of the molecule is [2H]C(CC1CCCN1C)NS(=O)(=O)c1ccc(OCCC)c(-c2nc3c(CCC)nn(C([2H])[2H])c3c(=O)[nH]2)c1. The molecule has 2 atom stereocenters. The van der Waals surface area contributed by atoms with Crippen molar-refractivity contribution in [3.8, 4) is 17.1 Å². The van der Waals surface area contributed by atoms with Crippen LogP contribution in [0.1, 0.15) is 55.8 Å². The molecule has 11 heteroatoms. The first kappa shape index (κ1) is 22.4. The summed E-state index contributed by atoms with van der Waals surface area (Å²) in [7, 11) is -2.08. The molecule has 2 aromatic heterocycles. The lowest BCUT2D eigenvalue weighted by Gasteiger charge is -2.19. The minimum absolute atomic E-state index is 0.0209. The summed E-state index contributed by atoms with van der Waals surface area (Å²) in [5, 5.41) is 4.28. The lowest BCUT2D eigenvalue weighted by Crippen LogP contribution is -2.31. The molecule has 36 heavy (non-hydrogen) atoms. The normalized spacial score (nSPS) is 18.9. The first-order chi connectivity index (χ1) is 18.6. The monoisotopic (exact) mass is 519 g/mol. The number of fused-ring (bicyclic) bond motifs is 1. The topological polar surface area (TPSA) is 122 Å². The lowest BCUT2D eigenvalue weighted by atomic mass is 10.1. The number of nitrogens with one attached hydrogen (secondary N) is 2. The van der Waals surface area contributed by atoms with Crippen LogP contribution in [0.25, 0.3) is 22.4 Å². The summed E-state index contributed by atoms with van der Waals surface area (Å²) < 4.78 is 59.8. The number of aryl methyl sites for hydroxylation is 2. The Morgan fingerprint density at radius 2 is 2.17 bits per heavy atom. The second kappa shape index (κ2) is 11.1. The van der Waals surface area contributed by atoms with Crippen LogP contribution in [-0.2, 0) is 23.4 Å². The number of aromatic nitrogens is 4. The van der Waals surface area contributed by atoms with E-state index in [-0.39, 0.29) is 33.4 Å². The quantitative estimate of drug-likeness (QED) is 0.399. The second-order valence-corrected chi connectivity index (χ2v) is 10.8. The van der Waals surface area contributed by atoms with Crippen molar-refractivity contribution >= 4 is 21.1 Å². The summed E-state index contributed by atoms with van der Waals surface area (Å²) in [6, 6.07) is 4.47. The van der Waals surface area contributed by atoms with Gasteiger partial charge in [0.2, 0.25) is 10.0 Å². The van der Waals surface area contributed by atoms with E-state index in [1.54, 1.807) is 0 Å². The first-order valence-corrected chi connectivity index (χ1v) is 13.8. The zero-order valence-electron chi connectivity index (χ0n) is 24.0. The fourth-order valence-corrected chi connectivity index (χ4v) is 5.45. The van der Waals surface area contributed by atoms with E-state index < -0.39 is 29.1 Å². The molecule has 10 nitrogen and oxygen atoms in total. The van der Waals surface area contributed by atoms with Crippen LogP contribution in [0.4, 0.5) is 0 Å². The van der Waals surface area contributed by atoms with Crippen LogP contribution < -0.4 is 15.0 Å². The highest BCUT2D eigenvalue weighted by Gasteiger charge is 2.23. The molecule has 196 valence electrons. The summed E-state index contributed by atoms with van der Waals surface area (Å²) >= 11 is 0. The fraction of sp³-hybridized carbons (Fsp3) is 0.560. The number of ether oxygens (including phenoxy) is 1. The summed E-state index contributed by atoms with van der Waals surface area (Å²) in [5.74, 6) is 0.436. The number of rotatable bonds is 11. The largest absolute Gasteiger partial charge is 0.493 e. The summed E-state index contributed by atoms with van der Waals surface area (Å²) in [6.07, 6.45) is 4.25. The number of benzene rings is 1. The van der Waals surface area contributed by atoms with Crippen LogP contribution in [0.5, 0.6) is 5.75 Å². The lowest BCUT2D eigenvalue weighted by molar-refractivity contribution is 0.297. The maximum atomic E-state index is 13.3. The van der Waals surface area contributed by atoms with Gasteiger partial charge in [0.25, 0.3) is 5.56 Å². The van der Waals surface area contributed by atoms with Gasteiger partial charge >= 0.3 is 0 Å². The predicted octanol–water partition coefficient (Wildman–Crippen LogP) is 2.83. The van der Waals surface area contributed by atoms with E-state index in [9.17, 15) is 13.2 Å². The van der Waals surface area contributed by atoms with Crippen molar-refractivity contribution in [3.63, 3.8) is 0 Å². The molecule has 0 bridgehead atoms. The number of hydrogen-bond acceptors (Lipinski definition) is 7. The third-order valence-electron chi connectivity index (χ3n) is 6.39. The van der Waals surface area contributed by atoms with Gasteiger partial charge in [-0.3, -0.25) is 9.48 Å².